The number of hydrogen-bond acceptors (Lipinski definition) is 2. The predicted molar refractivity (Wildman–Crippen MR) is 90.0 cm³/mol. The first kappa shape index (κ1) is 14.3. The minimum Gasteiger partial charge on any atom is -0.462 e. The number of esters is 1. The number of carbonyl (C=O) groups is 1. The molecule has 2 aromatic carbocycles. The van der Waals surface area contributed by atoms with Crippen molar-refractivity contribution < 1.29 is 9.53 Å². The lowest BCUT2D eigenvalue weighted by atomic mass is 10.0. The van der Waals surface area contributed by atoms with Gasteiger partial charge in [-0.2, -0.15) is 0 Å². The minimum absolute atomic E-state index is 0.246. The van der Waals surface area contributed by atoms with Crippen LogP contribution in [0, 0.1) is 0 Å². The lowest BCUT2D eigenvalue weighted by Gasteiger charge is -2.05. The average molecular weight is 290 g/mol. The van der Waals surface area contributed by atoms with Crippen LogP contribution in [0.2, 0.25) is 0 Å². The fourth-order valence-corrected chi connectivity index (χ4v) is 2.84. The third-order valence-corrected chi connectivity index (χ3v) is 3.86. The van der Waals surface area contributed by atoms with Crippen molar-refractivity contribution in [3.8, 4) is 0 Å². The SMILES string of the molecule is CCOC(=O)C1=C(C)/C(=C/c2ccccc2)c2ccccc21. The number of allylic oxidation sites excluding steroid dienone is 2. The summed E-state index contributed by atoms with van der Waals surface area (Å²) in [4.78, 5) is 12.3. The van der Waals surface area contributed by atoms with Crippen molar-refractivity contribution in [1.82, 2.24) is 0 Å². The third kappa shape index (κ3) is 2.48. The fraction of sp³-hybridized carbons (Fsp3) is 0.150. The molecule has 0 bridgehead atoms. The van der Waals surface area contributed by atoms with E-state index in [0.717, 1.165) is 27.8 Å². The molecule has 0 N–H and O–H groups in total. The van der Waals surface area contributed by atoms with E-state index in [1.807, 2.05) is 50.2 Å². The van der Waals surface area contributed by atoms with E-state index in [2.05, 4.69) is 24.3 Å². The van der Waals surface area contributed by atoms with Crippen molar-refractivity contribution in [1.29, 1.82) is 0 Å². The average Bonchev–Trinajstić information content (AvgIpc) is 2.81. The summed E-state index contributed by atoms with van der Waals surface area (Å²) in [5, 5.41) is 0. The van der Waals surface area contributed by atoms with Crippen molar-refractivity contribution in [3.05, 3.63) is 76.9 Å². The van der Waals surface area contributed by atoms with Gasteiger partial charge in [-0.25, -0.2) is 4.79 Å². The molecule has 0 fully saturated rings. The maximum absolute atomic E-state index is 12.3. The van der Waals surface area contributed by atoms with Gasteiger partial charge in [0, 0.05) is 0 Å². The van der Waals surface area contributed by atoms with Crippen molar-refractivity contribution in [2.24, 2.45) is 0 Å². The molecule has 0 spiro atoms. The van der Waals surface area contributed by atoms with Crippen molar-refractivity contribution in [3.63, 3.8) is 0 Å². The first-order valence-corrected chi connectivity index (χ1v) is 7.47. The van der Waals surface area contributed by atoms with Gasteiger partial charge in [-0.1, -0.05) is 54.6 Å². The monoisotopic (exact) mass is 290 g/mol. The Balaban J connectivity index is 2.15. The van der Waals surface area contributed by atoms with Crippen LogP contribution in [0.3, 0.4) is 0 Å². The first-order valence-electron chi connectivity index (χ1n) is 7.47. The smallest absolute Gasteiger partial charge is 0.339 e. The van der Waals surface area contributed by atoms with Crippen LogP contribution in [0.5, 0.6) is 0 Å². The van der Waals surface area contributed by atoms with Gasteiger partial charge < -0.3 is 4.74 Å². The van der Waals surface area contributed by atoms with E-state index in [-0.39, 0.29) is 5.97 Å². The van der Waals surface area contributed by atoms with Crippen LogP contribution in [-0.4, -0.2) is 12.6 Å². The van der Waals surface area contributed by atoms with Gasteiger partial charge in [0.15, 0.2) is 0 Å². The maximum Gasteiger partial charge on any atom is 0.339 e. The Kier molecular flexibility index (Phi) is 3.92. The molecule has 0 aliphatic heterocycles. The first-order chi connectivity index (χ1) is 10.7. The second-order valence-corrected chi connectivity index (χ2v) is 5.23. The fourth-order valence-electron chi connectivity index (χ4n) is 2.84. The highest BCUT2D eigenvalue weighted by atomic mass is 16.5. The number of benzene rings is 2. The number of rotatable bonds is 3. The van der Waals surface area contributed by atoms with Gasteiger partial charge >= 0.3 is 5.97 Å². The standard InChI is InChI=1S/C20H18O2/c1-3-22-20(21)19-14(2)18(13-15-9-5-4-6-10-15)16-11-7-8-12-17(16)19/h4-13H,3H2,1-2H3/b18-13-. The zero-order chi connectivity index (χ0) is 15.5. The summed E-state index contributed by atoms with van der Waals surface area (Å²) in [5.41, 5.74) is 5.91. The zero-order valence-electron chi connectivity index (χ0n) is 12.8. The Morgan fingerprint density at radius 3 is 2.32 bits per heavy atom. The Bertz CT molecular complexity index is 767. The minimum atomic E-state index is -0.246. The summed E-state index contributed by atoms with van der Waals surface area (Å²) in [6, 6.07) is 18.1. The number of carbonyl (C=O) groups excluding carboxylic acids is 1. The zero-order valence-corrected chi connectivity index (χ0v) is 12.8. The van der Waals surface area contributed by atoms with Crippen LogP contribution in [0.15, 0.2) is 60.2 Å². The van der Waals surface area contributed by atoms with E-state index < -0.39 is 0 Å². The van der Waals surface area contributed by atoms with Crippen molar-refractivity contribution in [2.45, 2.75) is 13.8 Å². The second-order valence-electron chi connectivity index (χ2n) is 5.23. The summed E-state index contributed by atoms with van der Waals surface area (Å²) in [7, 11) is 0. The maximum atomic E-state index is 12.3. The lowest BCUT2D eigenvalue weighted by Crippen LogP contribution is -2.06. The summed E-state index contributed by atoms with van der Waals surface area (Å²) in [5.74, 6) is -0.246. The molecule has 110 valence electrons. The number of ether oxygens (including phenoxy) is 1. The highest BCUT2D eigenvalue weighted by molar-refractivity contribution is 6.26. The van der Waals surface area contributed by atoms with Gasteiger partial charge in [0.25, 0.3) is 0 Å². The summed E-state index contributed by atoms with van der Waals surface area (Å²) < 4.78 is 5.23. The molecular formula is C20H18O2. The predicted octanol–water partition coefficient (Wildman–Crippen LogP) is 4.58. The molecule has 3 rings (SSSR count). The van der Waals surface area contributed by atoms with Crippen LogP contribution in [-0.2, 0) is 9.53 Å². The molecule has 22 heavy (non-hydrogen) atoms. The van der Waals surface area contributed by atoms with E-state index >= 15 is 0 Å². The molecule has 0 radical (unpaired) electrons. The summed E-state index contributed by atoms with van der Waals surface area (Å²) >= 11 is 0. The Hall–Kier alpha value is -2.61. The van der Waals surface area contributed by atoms with Gasteiger partial charge in [0.1, 0.15) is 0 Å². The van der Waals surface area contributed by atoms with Crippen molar-refractivity contribution >= 4 is 23.2 Å². The lowest BCUT2D eigenvalue weighted by molar-refractivity contribution is -0.136. The molecule has 0 amide bonds. The van der Waals surface area contributed by atoms with Crippen molar-refractivity contribution in [2.75, 3.05) is 6.61 Å². The molecule has 2 nitrogen and oxygen atoms in total. The van der Waals surface area contributed by atoms with Gasteiger partial charge in [-0.3, -0.25) is 0 Å². The van der Waals surface area contributed by atoms with E-state index in [0.29, 0.717) is 12.2 Å². The largest absolute Gasteiger partial charge is 0.462 e. The molecular weight excluding hydrogens is 272 g/mol. The number of hydrogen-bond donors (Lipinski definition) is 0. The molecule has 0 unspecified atom stereocenters. The second kappa shape index (κ2) is 6.02. The third-order valence-electron chi connectivity index (χ3n) is 3.86. The number of fused-ring (bicyclic) bond motifs is 1. The Morgan fingerprint density at radius 2 is 1.64 bits per heavy atom. The van der Waals surface area contributed by atoms with Crippen LogP contribution in [0.25, 0.3) is 17.2 Å². The topological polar surface area (TPSA) is 26.3 Å². The van der Waals surface area contributed by atoms with Gasteiger partial charge in [-0.15, -0.1) is 0 Å². The normalized spacial score (nSPS) is 15.1. The van der Waals surface area contributed by atoms with E-state index in [4.69, 9.17) is 4.74 Å². The molecule has 0 aromatic heterocycles. The summed E-state index contributed by atoms with van der Waals surface area (Å²) in [6.07, 6.45) is 2.13. The van der Waals surface area contributed by atoms with Gasteiger partial charge in [0.2, 0.25) is 0 Å². The highest BCUT2D eigenvalue weighted by Gasteiger charge is 2.28. The van der Waals surface area contributed by atoms with E-state index in [9.17, 15) is 4.79 Å². The molecule has 0 saturated heterocycles. The Labute approximate surface area is 130 Å². The summed E-state index contributed by atoms with van der Waals surface area (Å²) in [6.45, 7) is 4.20. The molecule has 1 aliphatic rings. The molecule has 2 heteroatoms. The van der Waals surface area contributed by atoms with Gasteiger partial charge in [0.05, 0.1) is 12.2 Å². The van der Waals surface area contributed by atoms with Crippen LogP contribution < -0.4 is 0 Å². The van der Waals surface area contributed by atoms with E-state index in [1.165, 1.54) is 0 Å². The van der Waals surface area contributed by atoms with Crippen LogP contribution >= 0.6 is 0 Å². The molecule has 0 heterocycles. The molecule has 2 aromatic rings. The molecule has 0 saturated carbocycles. The van der Waals surface area contributed by atoms with Gasteiger partial charge in [-0.05, 0) is 47.8 Å². The quantitative estimate of drug-likeness (QED) is 0.774. The van der Waals surface area contributed by atoms with Crippen LogP contribution in [0.1, 0.15) is 30.5 Å². The molecule has 1 aliphatic carbocycles. The van der Waals surface area contributed by atoms with E-state index in [1.54, 1.807) is 0 Å². The molecule has 0 atom stereocenters. The Morgan fingerprint density at radius 1 is 1.00 bits per heavy atom. The highest BCUT2D eigenvalue weighted by Crippen LogP contribution is 2.42. The van der Waals surface area contributed by atoms with Crippen LogP contribution in [0.4, 0.5) is 0 Å².